The summed E-state index contributed by atoms with van der Waals surface area (Å²) in [6, 6.07) is 7.34. The van der Waals surface area contributed by atoms with Gasteiger partial charge in [-0.3, -0.25) is 4.79 Å². The summed E-state index contributed by atoms with van der Waals surface area (Å²) in [7, 11) is 0. The third-order valence-corrected chi connectivity index (χ3v) is 3.15. The molecule has 0 aliphatic heterocycles. The summed E-state index contributed by atoms with van der Waals surface area (Å²) in [6.07, 6.45) is 4.30. The number of carbonyl (C=O) groups excluding carboxylic acids is 1. The maximum atomic E-state index is 12.2. The molecule has 3 heteroatoms. The molecular weight excluding hydrogens is 228 g/mol. The summed E-state index contributed by atoms with van der Waals surface area (Å²) in [5, 5.41) is 19.1. The van der Waals surface area contributed by atoms with Gasteiger partial charge in [0.2, 0.25) is 0 Å². The molecule has 0 spiro atoms. The number of hydrogen-bond acceptors (Lipinski definition) is 3. The smallest absolute Gasteiger partial charge is 0.192 e. The monoisotopic (exact) mass is 244 g/mol. The topological polar surface area (TPSA) is 57.5 Å². The Morgan fingerprint density at radius 1 is 1.33 bits per heavy atom. The van der Waals surface area contributed by atoms with Crippen LogP contribution < -0.4 is 0 Å². The summed E-state index contributed by atoms with van der Waals surface area (Å²) in [5.74, 6) is -2.47. The second kappa shape index (κ2) is 4.52. The highest BCUT2D eigenvalue weighted by Crippen LogP contribution is 2.26. The molecule has 0 amide bonds. The van der Waals surface area contributed by atoms with Crippen LogP contribution >= 0.6 is 0 Å². The third-order valence-electron chi connectivity index (χ3n) is 3.15. The molecule has 2 N–H and O–H groups in total. The first kappa shape index (κ1) is 12.7. The summed E-state index contributed by atoms with van der Waals surface area (Å²) < 4.78 is 0. The molecule has 0 heterocycles. The molecule has 2 rings (SSSR count). The van der Waals surface area contributed by atoms with E-state index >= 15 is 0 Å². The van der Waals surface area contributed by atoms with Gasteiger partial charge in [0.1, 0.15) is 0 Å². The van der Waals surface area contributed by atoms with Crippen molar-refractivity contribution in [3.05, 3.63) is 59.2 Å². The largest absolute Gasteiger partial charge is 0.362 e. The van der Waals surface area contributed by atoms with E-state index in [4.69, 9.17) is 0 Å². The second-order valence-corrected chi connectivity index (χ2v) is 4.73. The number of allylic oxidation sites excluding steroid dienone is 2. The van der Waals surface area contributed by atoms with E-state index < -0.39 is 11.7 Å². The van der Waals surface area contributed by atoms with E-state index in [1.54, 1.807) is 19.1 Å². The number of benzene rings is 1. The standard InChI is InChI=1S/C15H16O3/c1-10-4-3-5-12(8-10)14(16)13-6-7-15(17,18)11(2)9-13/h3-9,11,17-18H,1-2H3. The van der Waals surface area contributed by atoms with Gasteiger partial charge in [-0.1, -0.05) is 42.8 Å². The number of aryl methyl sites for hydroxylation is 1. The van der Waals surface area contributed by atoms with E-state index in [9.17, 15) is 15.0 Å². The predicted octanol–water partition coefficient (Wildman–Crippen LogP) is 1.99. The van der Waals surface area contributed by atoms with Crippen LogP contribution in [0.25, 0.3) is 0 Å². The van der Waals surface area contributed by atoms with E-state index in [1.807, 2.05) is 25.1 Å². The molecule has 0 fully saturated rings. The fraction of sp³-hybridized carbons (Fsp3) is 0.267. The van der Waals surface area contributed by atoms with Crippen LogP contribution in [0.3, 0.4) is 0 Å². The first-order valence-corrected chi connectivity index (χ1v) is 5.87. The van der Waals surface area contributed by atoms with Crippen molar-refractivity contribution in [1.82, 2.24) is 0 Å². The van der Waals surface area contributed by atoms with E-state index in [0.717, 1.165) is 5.56 Å². The van der Waals surface area contributed by atoms with Crippen LogP contribution in [0.5, 0.6) is 0 Å². The van der Waals surface area contributed by atoms with Crippen LogP contribution in [0.2, 0.25) is 0 Å². The lowest BCUT2D eigenvalue weighted by atomic mass is 9.88. The number of Topliss-reactive ketones (excluding diaryl/α,β-unsaturated/α-hetero) is 1. The summed E-state index contributed by atoms with van der Waals surface area (Å²) in [6.45, 7) is 3.59. The highest BCUT2D eigenvalue weighted by molar-refractivity contribution is 6.10. The average molecular weight is 244 g/mol. The Morgan fingerprint density at radius 2 is 2.06 bits per heavy atom. The van der Waals surface area contributed by atoms with Gasteiger partial charge in [-0.2, -0.15) is 0 Å². The molecule has 18 heavy (non-hydrogen) atoms. The van der Waals surface area contributed by atoms with Crippen LogP contribution in [0, 0.1) is 12.8 Å². The molecule has 94 valence electrons. The Balaban J connectivity index is 2.29. The van der Waals surface area contributed by atoms with E-state index in [1.165, 1.54) is 12.2 Å². The van der Waals surface area contributed by atoms with Crippen molar-refractivity contribution in [1.29, 1.82) is 0 Å². The highest BCUT2D eigenvalue weighted by Gasteiger charge is 2.30. The molecule has 0 saturated carbocycles. The summed E-state index contributed by atoms with van der Waals surface area (Å²) >= 11 is 0. The van der Waals surface area contributed by atoms with Crippen molar-refractivity contribution in [2.75, 3.05) is 0 Å². The number of ketones is 1. The first-order valence-electron chi connectivity index (χ1n) is 5.87. The third kappa shape index (κ3) is 2.42. The van der Waals surface area contributed by atoms with Gasteiger partial charge in [0, 0.05) is 17.1 Å². The Bertz CT molecular complexity index is 538. The number of rotatable bonds is 2. The quantitative estimate of drug-likeness (QED) is 0.618. The predicted molar refractivity (Wildman–Crippen MR) is 69.1 cm³/mol. The lowest BCUT2D eigenvalue weighted by Crippen LogP contribution is -2.35. The van der Waals surface area contributed by atoms with Gasteiger partial charge < -0.3 is 10.2 Å². The van der Waals surface area contributed by atoms with Crippen LogP contribution in [0.4, 0.5) is 0 Å². The SMILES string of the molecule is Cc1cccc(C(=O)C2=CC(C)C(O)(O)C=C2)c1. The van der Waals surface area contributed by atoms with E-state index in [-0.39, 0.29) is 5.78 Å². The van der Waals surface area contributed by atoms with Crippen molar-refractivity contribution in [2.24, 2.45) is 5.92 Å². The van der Waals surface area contributed by atoms with Gasteiger partial charge in [0.15, 0.2) is 11.6 Å². The molecule has 0 aromatic heterocycles. The van der Waals surface area contributed by atoms with Gasteiger partial charge in [-0.25, -0.2) is 0 Å². The minimum atomic E-state index is -1.86. The fourth-order valence-corrected chi connectivity index (χ4v) is 1.92. The lowest BCUT2D eigenvalue weighted by Gasteiger charge is -2.26. The second-order valence-electron chi connectivity index (χ2n) is 4.73. The Labute approximate surface area is 106 Å². The molecule has 0 radical (unpaired) electrons. The molecule has 1 atom stereocenters. The van der Waals surface area contributed by atoms with Crippen LogP contribution in [0.15, 0.2) is 48.1 Å². The number of hydrogen-bond donors (Lipinski definition) is 2. The van der Waals surface area contributed by atoms with Crippen molar-refractivity contribution < 1.29 is 15.0 Å². The minimum Gasteiger partial charge on any atom is -0.362 e. The van der Waals surface area contributed by atoms with E-state index in [2.05, 4.69) is 0 Å². The number of aliphatic hydroxyl groups is 2. The van der Waals surface area contributed by atoms with Crippen LogP contribution in [-0.2, 0) is 0 Å². The fourth-order valence-electron chi connectivity index (χ4n) is 1.92. The molecule has 1 unspecified atom stereocenters. The Morgan fingerprint density at radius 3 is 2.67 bits per heavy atom. The molecule has 1 aromatic carbocycles. The van der Waals surface area contributed by atoms with Gasteiger partial charge >= 0.3 is 0 Å². The van der Waals surface area contributed by atoms with Gasteiger partial charge in [-0.05, 0) is 19.1 Å². The van der Waals surface area contributed by atoms with Crippen molar-refractivity contribution >= 4 is 5.78 Å². The zero-order valence-electron chi connectivity index (χ0n) is 10.4. The van der Waals surface area contributed by atoms with E-state index in [0.29, 0.717) is 11.1 Å². The normalized spacial score (nSPS) is 21.6. The molecule has 1 aromatic rings. The Hall–Kier alpha value is -1.71. The summed E-state index contributed by atoms with van der Waals surface area (Å²) in [4.78, 5) is 12.2. The van der Waals surface area contributed by atoms with Gasteiger partial charge in [0.05, 0.1) is 0 Å². The van der Waals surface area contributed by atoms with Crippen molar-refractivity contribution in [3.63, 3.8) is 0 Å². The lowest BCUT2D eigenvalue weighted by molar-refractivity contribution is -0.143. The van der Waals surface area contributed by atoms with Crippen LogP contribution in [-0.4, -0.2) is 21.8 Å². The maximum absolute atomic E-state index is 12.2. The van der Waals surface area contributed by atoms with Crippen molar-refractivity contribution in [2.45, 2.75) is 19.6 Å². The molecule has 1 aliphatic rings. The number of carbonyl (C=O) groups is 1. The van der Waals surface area contributed by atoms with Crippen molar-refractivity contribution in [3.8, 4) is 0 Å². The first-order chi connectivity index (χ1) is 8.40. The summed E-state index contributed by atoms with van der Waals surface area (Å²) in [5.41, 5.74) is 2.13. The molecule has 1 aliphatic carbocycles. The molecule has 0 bridgehead atoms. The average Bonchev–Trinajstić information content (AvgIpc) is 2.32. The molecule has 0 saturated heterocycles. The maximum Gasteiger partial charge on any atom is 0.192 e. The highest BCUT2D eigenvalue weighted by atomic mass is 16.5. The molecular formula is C15H16O3. The Kier molecular flexibility index (Phi) is 3.20. The van der Waals surface area contributed by atoms with Crippen LogP contribution in [0.1, 0.15) is 22.8 Å². The molecule has 3 nitrogen and oxygen atoms in total. The zero-order chi connectivity index (χ0) is 13.3. The minimum absolute atomic E-state index is 0.0997. The zero-order valence-corrected chi connectivity index (χ0v) is 10.4. The van der Waals surface area contributed by atoms with Gasteiger partial charge in [-0.15, -0.1) is 0 Å². The van der Waals surface area contributed by atoms with Gasteiger partial charge in [0.25, 0.3) is 0 Å².